The van der Waals surface area contributed by atoms with E-state index in [1.807, 2.05) is 0 Å². The summed E-state index contributed by atoms with van der Waals surface area (Å²) in [6.07, 6.45) is -9.72. The lowest BCUT2D eigenvalue weighted by Crippen LogP contribution is -2.08. The summed E-state index contributed by atoms with van der Waals surface area (Å²) in [7, 11) is 0.759. The van der Waals surface area contributed by atoms with Crippen molar-refractivity contribution in [2.24, 2.45) is 0 Å². The zero-order valence-corrected chi connectivity index (χ0v) is 12.9. The Bertz CT molecular complexity index is 673. The van der Waals surface area contributed by atoms with Gasteiger partial charge in [-0.3, -0.25) is 0 Å². The zero-order valence-electron chi connectivity index (χ0n) is 11.3. The summed E-state index contributed by atoms with van der Waals surface area (Å²) in [5, 5.41) is 0. The summed E-state index contributed by atoms with van der Waals surface area (Å²) in [6, 6.07) is 3.72. The molecule has 0 heterocycles. The van der Waals surface area contributed by atoms with Crippen LogP contribution in [0.1, 0.15) is 11.1 Å². The quantitative estimate of drug-likeness (QED) is 0.417. The van der Waals surface area contributed by atoms with E-state index in [0.717, 1.165) is 24.3 Å². The van der Waals surface area contributed by atoms with E-state index >= 15 is 0 Å². The van der Waals surface area contributed by atoms with Gasteiger partial charge in [0.05, 0.1) is 11.1 Å². The Kier molecular flexibility index (Phi) is 5.38. The number of rotatable bonds is 3. The van der Waals surface area contributed by atoms with Crippen molar-refractivity contribution in [1.29, 1.82) is 0 Å². The summed E-state index contributed by atoms with van der Waals surface area (Å²) >= 11 is 0. The van der Waals surface area contributed by atoms with E-state index in [9.17, 15) is 35.1 Å². The molecule has 0 aliphatic carbocycles. The van der Waals surface area contributed by atoms with Gasteiger partial charge in [-0.25, -0.2) is 8.78 Å². The van der Waals surface area contributed by atoms with Crippen molar-refractivity contribution in [1.82, 2.24) is 0 Å². The molecule has 0 radical (unpaired) electrons. The molecule has 0 spiro atoms. The summed E-state index contributed by atoms with van der Waals surface area (Å²) in [5.74, 6) is -2.23. The molecule has 24 heavy (non-hydrogen) atoms. The molecule has 0 N–H and O–H groups in total. The van der Waals surface area contributed by atoms with E-state index < -0.39 is 44.9 Å². The van der Waals surface area contributed by atoms with E-state index in [1.165, 1.54) is 0 Å². The van der Waals surface area contributed by atoms with Gasteiger partial charge >= 0.3 is 12.4 Å². The van der Waals surface area contributed by atoms with Gasteiger partial charge in [-0.05, 0) is 36.4 Å². The van der Waals surface area contributed by atoms with Gasteiger partial charge < -0.3 is 0 Å². The molecule has 0 aliphatic rings. The minimum Gasteiger partial charge on any atom is -0.207 e. The molecule has 0 atom stereocenters. The third-order valence-corrected chi connectivity index (χ3v) is 5.20. The molecule has 0 amide bonds. The average Bonchev–Trinajstić information content (AvgIpc) is 2.45. The highest BCUT2D eigenvalue weighted by molar-refractivity contribution is 8.76. The second kappa shape index (κ2) is 6.83. The first-order valence-corrected chi connectivity index (χ1v) is 8.21. The van der Waals surface area contributed by atoms with Crippen LogP contribution in [0.3, 0.4) is 0 Å². The van der Waals surface area contributed by atoms with E-state index in [0.29, 0.717) is 21.6 Å². The monoisotopic (exact) mass is 390 g/mol. The molecular formula is C14H6F8S2. The highest BCUT2D eigenvalue weighted by atomic mass is 33.1. The number of benzene rings is 2. The van der Waals surface area contributed by atoms with Crippen LogP contribution in [0.5, 0.6) is 0 Å². The first-order valence-electron chi connectivity index (χ1n) is 6.06. The van der Waals surface area contributed by atoms with E-state index in [2.05, 4.69) is 0 Å². The number of halogens is 8. The van der Waals surface area contributed by atoms with Gasteiger partial charge in [0.25, 0.3) is 0 Å². The Morgan fingerprint density at radius 1 is 0.583 bits per heavy atom. The van der Waals surface area contributed by atoms with Crippen molar-refractivity contribution in [3.05, 3.63) is 59.2 Å². The summed E-state index contributed by atoms with van der Waals surface area (Å²) in [5.41, 5.74) is -2.59. The van der Waals surface area contributed by atoms with Gasteiger partial charge in [-0.1, -0.05) is 21.6 Å². The highest BCUT2D eigenvalue weighted by Crippen LogP contribution is 2.47. The summed E-state index contributed by atoms with van der Waals surface area (Å²) < 4.78 is 103. The molecule has 0 aromatic heterocycles. The molecular weight excluding hydrogens is 384 g/mol. The fourth-order valence-corrected chi connectivity index (χ4v) is 4.05. The smallest absolute Gasteiger partial charge is 0.207 e. The van der Waals surface area contributed by atoms with Gasteiger partial charge in [-0.15, -0.1) is 0 Å². The largest absolute Gasteiger partial charge is 0.417 e. The Labute approximate surface area is 138 Å². The van der Waals surface area contributed by atoms with Crippen molar-refractivity contribution >= 4 is 21.6 Å². The van der Waals surface area contributed by atoms with Crippen LogP contribution in [-0.2, 0) is 12.4 Å². The predicted octanol–water partition coefficient (Wildman–Crippen LogP) is 6.80. The van der Waals surface area contributed by atoms with Gasteiger partial charge in [0.2, 0.25) is 0 Å². The topological polar surface area (TPSA) is 0 Å². The van der Waals surface area contributed by atoms with Crippen LogP contribution in [0.2, 0.25) is 0 Å². The van der Waals surface area contributed by atoms with Gasteiger partial charge in [0.1, 0.15) is 11.6 Å². The Hall–Kier alpha value is -1.42. The molecule has 0 fully saturated rings. The van der Waals surface area contributed by atoms with Crippen molar-refractivity contribution in [3.63, 3.8) is 0 Å². The fourth-order valence-electron chi connectivity index (χ4n) is 1.68. The van der Waals surface area contributed by atoms with E-state index in [-0.39, 0.29) is 12.1 Å². The first kappa shape index (κ1) is 18.9. The van der Waals surface area contributed by atoms with Gasteiger partial charge in [0, 0.05) is 9.79 Å². The van der Waals surface area contributed by atoms with Crippen LogP contribution in [0.25, 0.3) is 0 Å². The summed E-state index contributed by atoms with van der Waals surface area (Å²) in [6.45, 7) is 0. The zero-order chi connectivity index (χ0) is 18.1. The normalized spacial score (nSPS) is 12.5. The fraction of sp³-hybridized carbons (Fsp3) is 0.143. The van der Waals surface area contributed by atoms with Crippen LogP contribution in [0.15, 0.2) is 46.2 Å². The lowest BCUT2D eigenvalue weighted by molar-refractivity contribution is -0.140. The lowest BCUT2D eigenvalue weighted by Gasteiger charge is -2.14. The van der Waals surface area contributed by atoms with E-state index in [1.54, 1.807) is 0 Å². The second-order valence-corrected chi connectivity index (χ2v) is 6.66. The number of alkyl halides is 6. The van der Waals surface area contributed by atoms with E-state index in [4.69, 9.17) is 0 Å². The highest BCUT2D eigenvalue weighted by Gasteiger charge is 2.36. The van der Waals surface area contributed by atoms with Gasteiger partial charge in [-0.2, -0.15) is 26.3 Å². The predicted molar refractivity (Wildman–Crippen MR) is 74.5 cm³/mol. The molecule has 0 aliphatic heterocycles. The van der Waals surface area contributed by atoms with Crippen molar-refractivity contribution < 1.29 is 35.1 Å². The Morgan fingerprint density at radius 3 is 1.21 bits per heavy atom. The van der Waals surface area contributed by atoms with Crippen molar-refractivity contribution in [2.45, 2.75) is 22.1 Å². The van der Waals surface area contributed by atoms with Crippen LogP contribution < -0.4 is 0 Å². The SMILES string of the molecule is Fc1ccc(SSc2ccc(F)cc2C(F)(F)F)c(C(F)(F)F)c1. The molecule has 0 unspecified atom stereocenters. The van der Waals surface area contributed by atoms with Crippen LogP contribution in [0.4, 0.5) is 35.1 Å². The Balaban J connectivity index is 2.33. The second-order valence-electron chi connectivity index (χ2n) is 4.44. The maximum Gasteiger partial charge on any atom is 0.417 e. The molecule has 0 bridgehead atoms. The molecule has 2 aromatic rings. The molecule has 2 rings (SSSR count). The molecule has 0 saturated carbocycles. The molecule has 10 heteroatoms. The number of hydrogen-bond donors (Lipinski definition) is 0. The number of hydrogen-bond acceptors (Lipinski definition) is 2. The van der Waals surface area contributed by atoms with Gasteiger partial charge in [0.15, 0.2) is 0 Å². The molecule has 0 nitrogen and oxygen atoms in total. The Morgan fingerprint density at radius 2 is 0.917 bits per heavy atom. The standard InChI is InChI=1S/C14H6F8S2/c15-7-1-3-11(9(5-7)13(17,18)19)23-24-12-4-2-8(16)6-10(12)14(20,21)22/h1-6H. The van der Waals surface area contributed by atoms with Crippen LogP contribution in [-0.4, -0.2) is 0 Å². The minimum absolute atomic E-state index is 0.262. The van der Waals surface area contributed by atoms with Crippen LogP contribution >= 0.6 is 21.6 Å². The third-order valence-electron chi connectivity index (χ3n) is 2.72. The molecule has 0 saturated heterocycles. The average molecular weight is 390 g/mol. The third kappa shape index (κ3) is 4.56. The maximum atomic E-state index is 13.0. The molecule has 2 aromatic carbocycles. The lowest BCUT2D eigenvalue weighted by atomic mass is 10.2. The summed E-state index contributed by atoms with van der Waals surface area (Å²) in [4.78, 5) is -0.905. The molecule has 130 valence electrons. The first-order chi connectivity index (χ1) is 11.0. The van der Waals surface area contributed by atoms with Crippen LogP contribution in [0, 0.1) is 11.6 Å². The minimum atomic E-state index is -4.86. The van der Waals surface area contributed by atoms with Crippen molar-refractivity contribution in [2.75, 3.05) is 0 Å². The maximum absolute atomic E-state index is 13.0. The van der Waals surface area contributed by atoms with Crippen molar-refractivity contribution in [3.8, 4) is 0 Å².